The van der Waals surface area contributed by atoms with Gasteiger partial charge in [0.05, 0.1) is 5.56 Å². The van der Waals surface area contributed by atoms with Crippen LogP contribution in [0.25, 0.3) is 0 Å². The topological polar surface area (TPSA) is 101 Å². The van der Waals surface area contributed by atoms with Crippen molar-refractivity contribution in [3.63, 3.8) is 0 Å². The average molecular weight is 437 g/mol. The fraction of sp³-hybridized carbons (Fsp3) is 0.333. The van der Waals surface area contributed by atoms with Gasteiger partial charge in [0.15, 0.2) is 0 Å². The number of carbonyl (C=O) groups excluding carboxylic acids is 1. The van der Waals surface area contributed by atoms with Crippen LogP contribution in [0.1, 0.15) is 64.2 Å². The van der Waals surface area contributed by atoms with Gasteiger partial charge in [-0.05, 0) is 80.9 Å². The number of carboxylic acid groups (broad SMARTS) is 1. The molecule has 0 fully saturated rings. The third-order valence-electron chi connectivity index (χ3n) is 5.53. The number of anilines is 1. The van der Waals surface area contributed by atoms with Gasteiger partial charge in [-0.15, -0.1) is 0 Å². The summed E-state index contributed by atoms with van der Waals surface area (Å²) in [6.07, 6.45) is 15.4. The zero-order valence-corrected chi connectivity index (χ0v) is 19.9. The molecule has 5 N–H and O–H groups in total. The largest absolute Gasteiger partial charge is 0.478 e. The smallest absolute Gasteiger partial charge is 0.335 e. The molecule has 5 heteroatoms. The number of carbonyl (C=O) groups is 2. The highest BCUT2D eigenvalue weighted by Gasteiger charge is 2.26. The van der Waals surface area contributed by atoms with Gasteiger partial charge < -0.3 is 16.6 Å². The van der Waals surface area contributed by atoms with Gasteiger partial charge in [0.2, 0.25) is 5.91 Å². The molecule has 0 bridgehead atoms. The summed E-state index contributed by atoms with van der Waals surface area (Å²) in [5.74, 6) is -1.25. The first kappa shape index (κ1) is 26.9. The molecule has 0 unspecified atom stereocenters. The molecule has 1 amide bonds. The first-order valence-corrected chi connectivity index (χ1v) is 10.6. The molecule has 0 aromatic heterocycles. The summed E-state index contributed by atoms with van der Waals surface area (Å²) >= 11 is 0. The van der Waals surface area contributed by atoms with E-state index in [4.69, 9.17) is 5.11 Å². The SMILES string of the molecule is CC1=C(/C=C/C(C)=C/C=C/C(C)=C/C(=O)Nc2ccc(C(=O)O)cc2)C(C)(C)CCC1.N. The maximum absolute atomic E-state index is 12.1. The molecule has 2 rings (SSSR count). The quantitative estimate of drug-likeness (QED) is 0.316. The van der Waals surface area contributed by atoms with Crippen LogP contribution in [0.5, 0.6) is 0 Å². The minimum Gasteiger partial charge on any atom is -0.478 e. The molecular weight excluding hydrogens is 400 g/mol. The van der Waals surface area contributed by atoms with E-state index in [-0.39, 0.29) is 23.0 Å². The van der Waals surface area contributed by atoms with Crippen molar-refractivity contribution in [3.8, 4) is 0 Å². The van der Waals surface area contributed by atoms with E-state index in [1.54, 1.807) is 12.1 Å². The Labute approximate surface area is 191 Å². The van der Waals surface area contributed by atoms with E-state index in [0.717, 1.165) is 11.1 Å². The first-order valence-electron chi connectivity index (χ1n) is 10.6. The first-order chi connectivity index (χ1) is 14.6. The van der Waals surface area contributed by atoms with E-state index in [2.05, 4.69) is 45.2 Å². The Kier molecular flexibility index (Phi) is 10.1. The van der Waals surface area contributed by atoms with Crippen LogP contribution in [0.3, 0.4) is 0 Å². The maximum Gasteiger partial charge on any atom is 0.335 e. The lowest BCUT2D eigenvalue weighted by Crippen LogP contribution is -2.19. The van der Waals surface area contributed by atoms with Crippen LogP contribution >= 0.6 is 0 Å². The Morgan fingerprint density at radius 2 is 1.72 bits per heavy atom. The molecule has 0 saturated heterocycles. The van der Waals surface area contributed by atoms with Crippen LogP contribution in [0.15, 0.2) is 83.0 Å². The van der Waals surface area contributed by atoms with E-state index in [1.807, 2.05) is 25.2 Å². The van der Waals surface area contributed by atoms with E-state index < -0.39 is 5.97 Å². The molecule has 1 aliphatic rings. The normalized spacial score (nSPS) is 16.9. The van der Waals surface area contributed by atoms with Crippen LogP contribution in [-0.2, 0) is 4.79 Å². The molecule has 0 radical (unpaired) electrons. The second-order valence-corrected chi connectivity index (χ2v) is 8.79. The van der Waals surface area contributed by atoms with E-state index >= 15 is 0 Å². The van der Waals surface area contributed by atoms with Crippen molar-refractivity contribution < 1.29 is 14.7 Å². The predicted octanol–water partition coefficient (Wildman–Crippen LogP) is 7.02. The minimum absolute atomic E-state index is 0. The monoisotopic (exact) mass is 436 g/mol. The number of amides is 1. The molecule has 0 spiro atoms. The van der Waals surface area contributed by atoms with Crippen molar-refractivity contribution >= 4 is 17.6 Å². The van der Waals surface area contributed by atoms with Gasteiger partial charge in [-0.2, -0.15) is 0 Å². The highest BCUT2D eigenvalue weighted by molar-refractivity contribution is 6.00. The predicted molar refractivity (Wildman–Crippen MR) is 133 cm³/mol. The molecule has 1 aromatic rings. The number of rotatable bonds is 7. The molecule has 1 aliphatic carbocycles. The van der Waals surface area contributed by atoms with Crippen molar-refractivity contribution in [1.82, 2.24) is 6.15 Å². The summed E-state index contributed by atoms with van der Waals surface area (Å²) in [5.41, 5.74) is 5.86. The highest BCUT2D eigenvalue weighted by atomic mass is 16.4. The number of nitrogens with one attached hydrogen (secondary N) is 1. The lowest BCUT2D eigenvalue weighted by atomic mass is 9.72. The standard InChI is InChI=1S/C27H33NO3.H3N/c1-19(11-16-24-21(3)10-7-17-27(24,4)5)8-6-9-20(2)18-25(29)28-23-14-12-22(13-15-23)26(30)31;/h6,8-9,11-16,18H,7,10,17H2,1-5H3,(H,28,29)(H,30,31);1H3/b9-6+,16-11+,19-8+,20-18+;. The Bertz CT molecular complexity index is 975. The van der Waals surface area contributed by atoms with Gasteiger partial charge in [-0.3, -0.25) is 4.79 Å². The van der Waals surface area contributed by atoms with E-state index in [1.165, 1.54) is 48.6 Å². The number of carboxylic acids is 1. The Morgan fingerprint density at radius 1 is 1.06 bits per heavy atom. The van der Waals surface area contributed by atoms with Crippen molar-refractivity contribution in [1.29, 1.82) is 0 Å². The van der Waals surface area contributed by atoms with Crippen molar-refractivity contribution in [3.05, 3.63) is 88.6 Å². The molecule has 0 saturated carbocycles. The fourth-order valence-corrected chi connectivity index (χ4v) is 3.76. The van der Waals surface area contributed by atoms with E-state index in [9.17, 15) is 9.59 Å². The summed E-state index contributed by atoms with van der Waals surface area (Å²) in [4.78, 5) is 23.0. The molecule has 1 aromatic carbocycles. The molecule has 172 valence electrons. The van der Waals surface area contributed by atoms with Crippen LogP contribution in [0, 0.1) is 5.41 Å². The summed E-state index contributed by atoms with van der Waals surface area (Å²) in [6.45, 7) is 10.8. The van der Waals surface area contributed by atoms with Crippen molar-refractivity contribution in [2.24, 2.45) is 5.41 Å². The van der Waals surface area contributed by atoms with Crippen molar-refractivity contribution in [2.75, 3.05) is 5.32 Å². The van der Waals surface area contributed by atoms with Gasteiger partial charge in [0.1, 0.15) is 0 Å². The lowest BCUT2D eigenvalue weighted by Gasteiger charge is -2.32. The third-order valence-corrected chi connectivity index (χ3v) is 5.53. The number of hydrogen-bond acceptors (Lipinski definition) is 3. The van der Waals surface area contributed by atoms with Crippen LogP contribution < -0.4 is 11.5 Å². The molecular formula is C27H36N2O3. The maximum atomic E-state index is 12.1. The molecule has 0 atom stereocenters. The van der Waals surface area contributed by atoms with E-state index in [0.29, 0.717) is 5.69 Å². The van der Waals surface area contributed by atoms with Gasteiger partial charge >= 0.3 is 5.97 Å². The molecule has 32 heavy (non-hydrogen) atoms. The average Bonchev–Trinajstić information content (AvgIpc) is 2.67. The Morgan fingerprint density at radius 3 is 2.31 bits per heavy atom. The number of benzene rings is 1. The minimum atomic E-state index is -0.994. The second kappa shape index (κ2) is 12.0. The van der Waals surface area contributed by atoms with Gasteiger partial charge in [-0.1, -0.05) is 55.4 Å². The van der Waals surface area contributed by atoms with Crippen LogP contribution in [0.2, 0.25) is 0 Å². The van der Waals surface area contributed by atoms with Crippen LogP contribution in [0.4, 0.5) is 5.69 Å². The molecule has 0 aliphatic heterocycles. The van der Waals surface area contributed by atoms with Gasteiger partial charge in [-0.25, -0.2) is 4.79 Å². The molecule has 5 nitrogen and oxygen atoms in total. The highest BCUT2D eigenvalue weighted by Crippen LogP contribution is 2.40. The lowest BCUT2D eigenvalue weighted by molar-refractivity contribution is -0.111. The second-order valence-electron chi connectivity index (χ2n) is 8.79. The summed E-state index contributed by atoms with van der Waals surface area (Å²) in [7, 11) is 0. The third kappa shape index (κ3) is 8.16. The van der Waals surface area contributed by atoms with Gasteiger partial charge in [0, 0.05) is 11.8 Å². The van der Waals surface area contributed by atoms with Gasteiger partial charge in [0.25, 0.3) is 0 Å². The summed E-state index contributed by atoms with van der Waals surface area (Å²) < 4.78 is 0. The number of aromatic carboxylic acids is 1. The van der Waals surface area contributed by atoms with Crippen molar-refractivity contribution in [2.45, 2.75) is 53.9 Å². The summed E-state index contributed by atoms with van der Waals surface area (Å²) in [6, 6.07) is 6.07. The summed E-state index contributed by atoms with van der Waals surface area (Å²) in [5, 5.41) is 11.6. The molecule has 0 heterocycles. The Balaban J connectivity index is 0.00000512. The fourth-order valence-electron chi connectivity index (χ4n) is 3.76. The zero-order valence-electron chi connectivity index (χ0n) is 19.9. The zero-order chi connectivity index (χ0) is 23.0. The number of hydrogen-bond donors (Lipinski definition) is 3. The van der Waals surface area contributed by atoms with Crippen LogP contribution in [-0.4, -0.2) is 17.0 Å². The Hall–Kier alpha value is -3.18. The number of allylic oxidation sites excluding steroid dienone is 9.